The standard InChI is InChI=1S/C23H24N6O2/c1-13(2)17-8-16(11-27-23(17)30)19-12-26-22(24)21(28-19)20-9-18(29-31-20)15-6-4-5-14(7-15)10-25-3/h4-9,11-13,25H,10H2,1-3H3,(H2,24,26)(H,27,30). The highest BCUT2D eigenvalue weighted by atomic mass is 16.5. The molecule has 4 rings (SSSR count). The van der Waals surface area contributed by atoms with Crippen LogP contribution in [0.2, 0.25) is 0 Å². The maximum atomic E-state index is 12.1. The van der Waals surface area contributed by atoms with E-state index < -0.39 is 0 Å². The lowest BCUT2D eigenvalue weighted by Crippen LogP contribution is -2.13. The van der Waals surface area contributed by atoms with Gasteiger partial charge in [-0.1, -0.05) is 37.2 Å². The average Bonchev–Trinajstić information content (AvgIpc) is 3.25. The van der Waals surface area contributed by atoms with Crippen molar-refractivity contribution in [3.05, 3.63) is 70.3 Å². The highest BCUT2D eigenvalue weighted by molar-refractivity contribution is 5.73. The SMILES string of the molecule is CNCc1cccc(-c2cc(-c3nc(-c4c[nH]c(=O)c(C(C)C)c4)cnc3N)on2)c1. The molecule has 0 spiro atoms. The number of hydrogen-bond donors (Lipinski definition) is 3. The summed E-state index contributed by atoms with van der Waals surface area (Å²) in [4.78, 5) is 23.7. The first kappa shape index (κ1) is 20.5. The molecule has 1 aromatic carbocycles. The van der Waals surface area contributed by atoms with Gasteiger partial charge >= 0.3 is 0 Å². The number of anilines is 1. The second-order valence-corrected chi connectivity index (χ2v) is 7.62. The number of benzene rings is 1. The van der Waals surface area contributed by atoms with E-state index in [9.17, 15) is 4.79 Å². The number of aromatic amines is 1. The Kier molecular flexibility index (Phi) is 5.64. The molecule has 0 saturated heterocycles. The molecule has 0 bridgehead atoms. The normalized spacial score (nSPS) is 11.2. The molecule has 158 valence electrons. The number of nitrogens with one attached hydrogen (secondary N) is 2. The van der Waals surface area contributed by atoms with Crippen molar-refractivity contribution >= 4 is 5.82 Å². The highest BCUT2D eigenvalue weighted by Gasteiger charge is 2.16. The third-order valence-electron chi connectivity index (χ3n) is 5.00. The van der Waals surface area contributed by atoms with E-state index in [1.54, 1.807) is 18.5 Å². The van der Waals surface area contributed by atoms with Crippen molar-refractivity contribution in [1.82, 2.24) is 25.4 Å². The van der Waals surface area contributed by atoms with Crippen LogP contribution in [0.5, 0.6) is 0 Å². The van der Waals surface area contributed by atoms with Gasteiger partial charge < -0.3 is 20.6 Å². The highest BCUT2D eigenvalue weighted by Crippen LogP contribution is 2.30. The number of rotatable bonds is 6. The number of H-pyrrole nitrogens is 1. The van der Waals surface area contributed by atoms with Gasteiger partial charge in [-0.25, -0.2) is 9.97 Å². The van der Waals surface area contributed by atoms with Gasteiger partial charge in [-0.15, -0.1) is 0 Å². The predicted octanol–water partition coefficient (Wildman–Crippen LogP) is 3.58. The van der Waals surface area contributed by atoms with Crippen LogP contribution >= 0.6 is 0 Å². The maximum Gasteiger partial charge on any atom is 0.251 e. The van der Waals surface area contributed by atoms with Crippen molar-refractivity contribution in [3.8, 4) is 34.0 Å². The molecule has 8 heteroatoms. The van der Waals surface area contributed by atoms with Crippen molar-refractivity contribution in [2.75, 3.05) is 12.8 Å². The molecule has 31 heavy (non-hydrogen) atoms. The molecule has 0 unspecified atom stereocenters. The molecule has 0 atom stereocenters. The molecular formula is C23H24N6O2. The molecule has 3 heterocycles. The van der Waals surface area contributed by atoms with Crippen LogP contribution in [-0.4, -0.2) is 27.2 Å². The molecule has 0 aliphatic rings. The van der Waals surface area contributed by atoms with Gasteiger partial charge in [0.1, 0.15) is 5.69 Å². The summed E-state index contributed by atoms with van der Waals surface area (Å²) in [6.07, 6.45) is 3.20. The van der Waals surface area contributed by atoms with Crippen molar-refractivity contribution in [1.29, 1.82) is 0 Å². The van der Waals surface area contributed by atoms with Gasteiger partial charge in [0, 0.05) is 35.5 Å². The number of nitrogens with zero attached hydrogens (tertiary/aromatic N) is 3. The van der Waals surface area contributed by atoms with Crippen LogP contribution < -0.4 is 16.6 Å². The predicted molar refractivity (Wildman–Crippen MR) is 120 cm³/mol. The number of nitrogen functional groups attached to an aromatic ring is 1. The van der Waals surface area contributed by atoms with Crippen molar-refractivity contribution in [3.63, 3.8) is 0 Å². The molecule has 3 aromatic heterocycles. The Bertz CT molecular complexity index is 1280. The fourth-order valence-electron chi connectivity index (χ4n) is 3.36. The zero-order valence-corrected chi connectivity index (χ0v) is 17.6. The number of nitrogens with two attached hydrogens (primary N) is 1. The quantitative estimate of drug-likeness (QED) is 0.439. The van der Waals surface area contributed by atoms with Crippen LogP contribution in [0.15, 0.2) is 58.1 Å². The lowest BCUT2D eigenvalue weighted by molar-refractivity contribution is 0.434. The molecular weight excluding hydrogens is 392 g/mol. The first-order chi connectivity index (χ1) is 15.0. The fourth-order valence-corrected chi connectivity index (χ4v) is 3.36. The summed E-state index contributed by atoms with van der Waals surface area (Å²) in [5.41, 5.74) is 11.2. The zero-order chi connectivity index (χ0) is 22.0. The van der Waals surface area contributed by atoms with Gasteiger partial charge in [0.2, 0.25) is 0 Å². The van der Waals surface area contributed by atoms with E-state index in [1.807, 2.05) is 45.2 Å². The third kappa shape index (κ3) is 4.24. The summed E-state index contributed by atoms with van der Waals surface area (Å²) in [6, 6.07) is 11.7. The topological polar surface area (TPSA) is 123 Å². The van der Waals surface area contributed by atoms with Crippen LogP contribution in [-0.2, 0) is 6.54 Å². The van der Waals surface area contributed by atoms with E-state index in [0.717, 1.165) is 23.2 Å². The minimum absolute atomic E-state index is 0.0837. The lowest BCUT2D eigenvalue weighted by atomic mass is 10.0. The van der Waals surface area contributed by atoms with E-state index in [0.29, 0.717) is 28.4 Å². The zero-order valence-electron chi connectivity index (χ0n) is 17.6. The summed E-state index contributed by atoms with van der Waals surface area (Å²) in [5, 5.41) is 7.33. The van der Waals surface area contributed by atoms with Gasteiger partial charge in [0.05, 0.1) is 11.9 Å². The lowest BCUT2D eigenvalue weighted by Gasteiger charge is -2.08. The van der Waals surface area contributed by atoms with Crippen LogP contribution in [0.25, 0.3) is 34.0 Å². The van der Waals surface area contributed by atoms with Crippen molar-refractivity contribution in [2.45, 2.75) is 26.3 Å². The van der Waals surface area contributed by atoms with E-state index >= 15 is 0 Å². The van der Waals surface area contributed by atoms with Gasteiger partial charge in [0.25, 0.3) is 5.56 Å². The Balaban J connectivity index is 1.71. The van der Waals surface area contributed by atoms with Crippen LogP contribution in [0.4, 0.5) is 5.82 Å². The Morgan fingerprint density at radius 2 is 2.00 bits per heavy atom. The van der Waals surface area contributed by atoms with E-state index in [2.05, 4.69) is 31.5 Å². The van der Waals surface area contributed by atoms with E-state index in [1.165, 1.54) is 0 Å². The third-order valence-corrected chi connectivity index (χ3v) is 5.00. The van der Waals surface area contributed by atoms with Crippen LogP contribution in [0.3, 0.4) is 0 Å². The summed E-state index contributed by atoms with van der Waals surface area (Å²) in [6.45, 7) is 4.70. The molecule has 0 aliphatic heterocycles. The first-order valence-corrected chi connectivity index (χ1v) is 10.0. The largest absolute Gasteiger partial charge is 0.382 e. The second kappa shape index (κ2) is 8.53. The first-order valence-electron chi connectivity index (χ1n) is 10.0. The van der Waals surface area contributed by atoms with Gasteiger partial charge in [-0.05, 0) is 30.7 Å². The fraction of sp³-hybridized carbons (Fsp3) is 0.217. The minimum atomic E-state index is -0.109. The van der Waals surface area contributed by atoms with E-state index in [4.69, 9.17) is 10.3 Å². The monoisotopic (exact) mass is 416 g/mol. The van der Waals surface area contributed by atoms with Crippen LogP contribution in [0.1, 0.15) is 30.9 Å². The average molecular weight is 416 g/mol. The molecule has 0 fully saturated rings. The summed E-state index contributed by atoms with van der Waals surface area (Å²) >= 11 is 0. The number of aromatic nitrogens is 4. The summed E-state index contributed by atoms with van der Waals surface area (Å²) in [7, 11) is 1.90. The summed E-state index contributed by atoms with van der Waals surface area (Å²) in [5.74, 6) is 0.749. The Labute approximate surface area is 179 Å². The maximum absolute atomic E-state index is 12.1. The molecule has 0 radical (unpaired) electrons. The number of hydrogen-bond acceptors (Lipinski definition) is 7. The Morgan fingerprint density at radius 1 is 1.16 bits per heavy atom. The molecule has 0 aliphatic carbocycles. The summed E-state index contributed by atoms with van der Waals surface area (Å²) < 4.78 is 5.55. The van der Waals surface area contributed by atoms with Gasteiger partial charge in [0.15, 0.2) is 17.3 Å². The Morgan fingerprint density at radius 3 is 2.77 bits per heavy atom. The Hall–Kier alpha value is -3.78. The van der Waals surface area contributed by atoms with Crippen LogP contribution in [0, 0.1) is 0 Å². The molecule has 8 nitrogen and oxygen atoms in total. The van der Waals surface area contributed by atoms with E-state index in [-0.39, 0.29) is 17.3 Å². The van der Waals surface area contributed by atoms with Gasteiger partial charge in [-0.2, -0.15) is 0 Å². The molecule has 4 aromatic rings. The number of pyridine rings is 1. The second-order valence-electron chi connectivity index (χ2n) is 7.62. The van der Waals surface area contributed by atoms with Crippen molar-refractivity contribution in [2.24, 2.45) is 0 Å². The molecule has 0 saturated carbocycles. The molecule has 4 N–H and O–H groups in total. The molecule has 0 amide bonds. The smallest absolute Gasteiger partial charge is 0.251 e. The minimum Gasteiger partial charge on any atom is -0.382 e. The van der Waals surface area contributed by atoms with Gasteiger partial charge in [-0.3, -0.25) is 4.79 Å². The van der Waals surface area contributed by atoms with Crippen molar-refractivity contribution < 1.29 is 4.52 Å².